The predicted octanol–water partition coefficient (Wildman–Crippen LogP) is 4.36. The highest BCUT2D eigenvalue weighted by Gasteiger charge is 1.99. The van der Waals surface area contributed by atoms with E-state index < -0.39 is 0 Å². The lowest BCUT2D eigenvalue weighted by Gasteiger charge is -2.05. The van der Waals surface area contributed by atoms with Crippen molar-refractivity contribution < 1.29 is 5.11 Å². The molecule has 0 saturated heterocycles. The Balaban J connectivity index is 1.76. The number of hydrogen-bond donors (Lipinski definition) is 2. The lowest BCUT2D eigenvalue weighted by atomic mass is 10.1. The topological polar surface area (TPSA) is 74.7 Å². The van der Waals surface area contributed by atoms with E-state index in [0.717, 1.165) is 37.9 Å². The molecule has 0 amide bonds. The first-order valence-electron chi connectivity index (χ1n) is 9.38. The average Bonchev–Trinajstić information content (AvgIpc) is 3.08. The van der Waals surface area contributed by atoms with Crippen molar-refractivity contribution in [2.75, 3.05) is 0 Å². The van der Waals surface area contributed by atoms with Gasteiger partial charge in [-0.15, -0.1) is 10.2 Å². The van der Waals surface area contributed by atoms with Crippen molar-refractivity contribution in [3.63, 3.8) is 0 Å². The number of nitrogens with one attached hydrogen (secondary N) is 1. The van der Waals surface area contributed by atoms with Gasteiger partial charge in [-0.3, -0.25) is 0 Å². The summed E-state index contributed by atoms with van der Waals surface area (Å²) in [5.41, 5.74) is 0. The maximum Gasteiger partial charge on any atom is 0.174 e. The number of rotatable bonds is 15. The van der Waals surface area contributed by atoms with Crippen LogP contribution in [0.15, 0.2) is 12.2 Å². The fourth-order valence-electron chi connectivity index (χ4n) is 2.62. The van der Waals surface area contributed by atoms with Gasteiger partial charge in [-0.2, -0.15) is 5.21 Å². The van der Waals surface area contributed by atoms with E-state index in [9.17, 15) is 5.11 Å². The Morgan fingerprint density at radius 3 is 2.26 bits per heavy atom. The second-order valence-electron chi connectivity index (χ2n) is 6.31. The molecule has 0 spiro atoms. The number of unbranched alkanes of at least 4 members (excludes halogenated alkanes) is 8. The molecule has 1 atom stereocenters. The number of H-pyrrole nitrogens is 1. The zero-order valence-corrected chi connectivity index (χ0v) is 14.7. The van der Waals surface area contributed by atoms with Crippen molar-refractivity contribution in [3.8, 4) is 0 Å². The Labute approximate surface area is 141 Å². The van der Waals surface area contributed by atoms with Gasteiger partial charge in [0.25, 0.3) is 0 Å². The van der Waals surface area contributed by atoms with Gasteiger partial charge in [-0.25, -0.2) is 0 Å². The van der Waals surface area contributed by atoms with Crippen molar-refractivity contribution in [1.82, 2.24) is 20.6 Å². The minimum atomic E-state index is -0.0854. The zero-order chi connectivity index (χ0) is 16.6. The van der Waals surface area contributed by atoms with E-state index in [0.29, 0.717) is 0 Å². The Bertz CT molecular complexity index is 378. The number of hydrogen-bond acceptors (Lipinski definition) is 4. The van der Waals surface area contributed by atoms with E-state index in [4.69, 9.17) is 0 Å². The summed E-state index contributed by atoms with van der Waals surface area (Å²) in [5, 5.41) is 23.4. The first-order valence-corrected chi connectivity index (χ1v) is 9.38. The molecule has 5 nitrogen and oxygen atoms in total. The number of aromatic amines is 1. The van der Waals surface area contributed by atoms with Crippen LogP contribution < -0.4 is 0 Å². The van der Waals surface area contributed by atoms with Crippen LogP contribution in [0.25, 0.3) is 0 Å². The molecule has 0 fully saturated rings. The minimum Gasteiger partial charge on any atom is -0.393 e. The molecule has 0 radical (unpaired) electrons. The second-order valence-corrected chi connectivity index (χ2v) is 6.31. The van der Waals surface area contributed by atoms with Gasteiger partial charge in [-0.05, 0) is 44.9 Å². The Morgan fingerprint density at radius 2 is 1.61 bits per heavy atom. The molecule has 23 heavy (non-hydrogen) atoms. The highest BCUT2D eigenvalue weighted by atomic mass is 16.3. The van der Waals surface area contributed by atoms with Gasteiger partial charge < -0.3 is 5.11 Å². The van der Waals surface area contributed by atoms with Gasteiger partial charge >= 0.3 is 0 Å². The van der Waals surface area contributed by atoms with E-state index in [-0.39, 0.29) is 6.10 Å². The number of nitrogens with zero attached hydrogens (tertiary/aromatic N) is 3. The number of aliphatic hydroxyl groups is 1. The first-order chi connectivity index (χ1) is 11.3. The summed E-state index contributed by atoms with van der Waals surface area (Å²) in [6.45, 7) is 2.04. The molecular weight excluding hydrogens is 288 g/mol. The summed E-state index contributed by atoms with van der Waals surface area (Å²) in [6, 6.07) is 0. The molecule has 1 heterocycles. The van der Waals surface area contributed by atoms with Crippen LogP contribution in [0.3, 0.4) is 0 Å². The molecule has 0 unspecified atom stereocenters. The van der Waals surface area contributed by atoms with Crippen molar-refractivity contribution in [2.24, 2.45) is 0 Å². The second kappa shape index (κ2) is 14.4. The molecule has 0 aliphatic rings. The summed E-state index contributed by atoms with van der Waals surface area (Å²) < 4.78 is 0. The van der Waals surface area contributed by atoms with Crippen LogP contribution in [0.5, 0.6) is 0 Å². The number of tetrazole rings is 1. The normalized spacial score (nSPS) is 13.0. The van der Waals surface area contributed by atoms with Crippen LogP contribution >= 0.6 is 0 Å². The summed E-state index contributed by atoms with van der Waals surface area (Å²) >= 11 is 0. The third-order valence-electron chi connectivity index (χ3n) is 4.21. The maximum absolute atomic E-state index is 9.46. The smallest absolute Gasteiger partial charge is 0.174 e. The minimum absolute atomic E-state index is 0.0854. The number of aliphatic hydroxyl groups excluding tert-OH is 1. The monoisotopic (exact) mass is 322 g/mol. The van der Waals surface area contributed by atoms with Crippen LogP contribution in [0, 0.1) is 0 Å². The van der Waals surface area contributed by atoms with Gasteiger partial charge in [0.15, 0.2) is 5.82 Å². The molecule has 0 bridgehead atoms. The number of allylic oxidation sites excluding steroid dienone is 2. The molecule has 1 rings (SSSR count). The number of aromatic nitrogens is 4. The first kappa shape index (κ1) is 19.8. The van der Waals surface area contributed by atoms with Gasteiger partial charge in [0, 0.05) is 6.42 Å². The highest BCUT2D eigenvalue weighted by Crippen LogP contribution is 2.10. The third-order valence-corrected chi connectivity index (χ3v) is 4.21. The van der Waals surface area contributed by atoms with Crippen LogP contribution in [-0.4, -0.2) is 31.8 Å². The fraction of sp³-hybridized carbons (Fsp3) is 0.833. The molecule has 0 aliphatic heterocycles. The van der Waals surface area contributed by atoms with Crippen molar-refractivity contribution in [3.05, 3.63) is 18.0 Å². The summed E-state index contributed by atoms with van der Waals surface area (Å²) in [4.78, 5) is 0. The van der Waals surface area contributed by atoms with E-state index in [1.165, 1.54) is 51.4 Å². The molecule has 132 valence electrons. The predicted molar refractivity (Wildman–Crippen MR) is 94.1 cm³/mol. The molecule has 2 N–H and O–H groups in total. The molecule has 0 aliphatic carbocycles. The van der Waals surface area contributed by atoms with Crippen LogP contribution in [0.4, 0.5) is 0 Å². The van der Waals surface area contributed by atoms with Crippen molar-refractivity contribution in [2.45, 2.75) is 96.5 Å². The van der Waals surface area contributed by atoms with E-state index in [1.54, 1.807) is 0 Å². The van der Waals surface area contributed by atoms with Crippen LogP contribution in [-0.2, 0) is 6.42 Å². The van der Waals surface area contributed by atoms with E-state index in [2.05, 4.69) is 32.8 Å². The van der Waals surface area contributed by atoms with Crippen LogP contribution in [0.2, 0.25) is 0 Å². The zero-order valence-electron chi connectivity index (χ0n) is 14.7. The molecular formula is C18H34N4O. The molecule has 5 heteroatoms. The number of aryl methyl sites for hydroxylation is 1. The van der Waals surface area contributed by atoms with Gasteiger partial charge in [-0.1, -0.05) is 56.4 Å². The lowest BCUT2D eigenvalue weighted by Crippen LogP contribution is -2.03. The van der Waals surface area contributed by atoms with Gasteiger partial charge in [0.2, 0.25) is 0 Å². The highest BCUT2D eigenvalue weighted by molar-refractivity contribution is 4.81. The summed E-state index contributed by atoms with van der Waals surface area (Å²) in [5.74, 6) is 0.831. The Kier molecular flexibility index (Phi) is 12.4. The van der Waals surface area contributed by atoms with Gasteiger partial charge in [0.1, 0.15) is 0 Å². The molecule has 0 aromatic carbocycles. The standard InChI is InChI=1S/C18H34N4O/c1-2-17(23)15-13-11-9-7-5-3-4-6-8-10-12-14-16-18-19-21-22-20-18/h3,5,17,23H,2,4,6-16H2,1H3,(H,19,20,21,22)/b5-3-/t17-/m1/s1. The van der Waals surface area contributed by atoms with Crippen molar-refractivity contribution in [1.29, 1.82) is 0 Å². The SMILES string of the molecule is CC[C@@H](O)CCCCC/C=C\CCCCCCCc1nn[nH]n1. The fourth-order valence-corrected chi connectivity index (χ4v) is 2.62. The Morgan fingerprint density at radius 1 is 0.957 bits per heavy atom. The summed E-state index contributed by atoms with van der Waals surface area (Å²) in [7, 11) is 0. The quantitative estimate of drug-likeness (QED) is 0.371. The van der Waals surface area contributed by atoms with Crippen molar-refractivity contribution >= 4 is 0 Å². The molecule has 1 aromatic heterocycles. The molecule has 1 aromatic rings. The average molecular weight is 322 g/mol. The van der Waals surface area contributed by atoms with E-state index in [1.807, 2.05) is 6.92 Å². The van der Waals surface area contributed by atoms with Crippen LogP contribution in [0.1, 0.15) is 89.8 Å². The largest absolute Gasteiger partial charge is 0.393 e. The third kappa shape index (κ3) is 11.9. The lowest BCUT2D eigenvalue weighted by molar-refractivity contribution is 0.156. The molecule has 0 saturated carbocycles. The van der Waals surface area contributed by atoms with Gasteiger partial charge in [0.05, 0.1) is 6.10 Å². The Hall–Kier alpha value is -1.23. The maximum atomic E-state index is 9.46. The van der Waals surface area contributed by atoms with E-state index >= 15 is 0 Å². The summed E-state index contributed by atoms with van der Waals surface area (Å²) in [6.07, 6.45) is 19.7.